The number of hydrogen-bond acceptors (Lipinski definition) is 2. The van der Waals surface area contributed by atoms with Crippen molar-refractivity contribution >= 4 is 22.7 Å². The van der Waals surface area contributed by atoms with Crippen LogP contribution >= 0.6 is 0 Å². The maximum absolute atomic E-state index is 5.44. The highest BCUT2D eigenvalue weighted by Gasteiger charge is 2.42. The second kappa shape index (κ2) is 12.3. The molecule has 6 atom stereocenters. The summed E-state index contributed by atoms with van der Waals surface area (Å²) in [5, 5.41) is 2.65. The van der Waals surface area contributed by atoms with Gasteiger partial charge in [-0.15, -0.1) is 0 Å². The zero-order chi connectivity index (χ0) is 32.0. The van der Waals surface area contributed by atoms with Crippen LogP contribution in [0.25, 0.3) is 39.1 Å². The summed E-state index contributed by atoms with van der Waals surface area (Å²) in [4.78, 5) is 8.11. The number of fused-ring (bicyclic) bond motifs is 3. The quantitative estimate of drug-likeness (QED) is 0.202. The number of nitrogens with zero attached hydrogens (tertiary/aromatic N) is 2. The van der Waals surface area contributed by atoms with Crippen molar-refractivity contribution < 1.29 is 0 Å². The first-order chi connectivity index (χ1) is 23.7. The summed E-state index contributed by atoms with van der Waals surface area (Å²) in [6.07, 6.45) is 30.5. The van der Waals surface area contributed by atoms with Gasteiger partial charge in [-0.3, -0.25) is 4.99 Å². The van der Waals surface area contributed by atoms with Gasteiger partial charge in [-0.1, -0.05) is 159 Å². The van der Waals surface area contributed by atoms with Gasteiger partial charge in [0.25, 0.3) is 0 Å². The van der Waals surface area contributed by atoms with Crippen LogP contribution in [0.4, 0.5) is 0 Å². The van der Waals surface area contributed by atoms with Gasteiger partial charge >= 0.3 is 0 Å². The van der Waals surface area contributed by atoms with Gasteiger partial charge in [-0.05, 0) is 81.3 Å². The normalized spacial score (nSPS) is 27.1. The molecule has 6 unspecified atom stereocenters. The van der Waals surface area contributed by atoms with Crippen LogP contribution in [0.3, 0.4) is 0 Å². The lowest BCUT2D eigenvalue weighted by molar-refractivity contribution is 0.254. The monoisotopic (exact) mass is 622 g/mol. The molecular formula is C46H42N2. The highest BCUT2D eigenvalue weighted by atomic mass is 15.3. The van der Waals surface area contributed by atoms with Crippen molar-refractivity contribution in [1.29, 1.82) is 0 Å². The van der Waals surface area contributed by atoms with E-state index in [0.717, 1.165) is 25.7 Å². The molecule has 4 aliphatic carbocycles. The first-order valence-electron chi connectivity index (χ1n) is 17.9. The molecule has 0 saturated heterocycles. The SMILES string of the molecule is CC1C=CC=CC1N1C(C2C=CC(C3C=Cc4c(c(-c5ccccc5)c5ccccc5c4-c4ccccc4)C3)=CC2)=NC2CCC=CC21. The lowest BCUT2D eigenvalue weighted by Gasteiger charge is -2.40. The fraction of sp³-hybridized carbons (Fsp3) is 0.239. The van der Waals surface area contributed by atoms with E-state index in [-0.39, 0.29) is 0 Å². The van der Waals surface area contributed by atoms with Gasteiger partial charge in [0.1, 0.15) is 5.84 Å². The van der Waals surface area contributed by atoms with Crippen molar-refractivity contribution in [3.05, 3.63) is 162 Å². The van der Waals surface area contributed by atoms with Crippen LogP contribution in [-0.2, 0) is 6.42 Å². The molecule has 0 bridgehead atoms. The number of rotatable bonds is 5. The summed E-state index contributed by atoms with van der Waals surface area (Å²) >= 11 is 0. The number of benzene rings is 4. The molecule has 2 nitrogen and oxygen atoms in total. The Morgan fingerprint density at radius 2 is 1.35 bits per heavy atom. The van der Waals surface area contributed by atoms with Crippen LogP contribution in [-0.4, -0.2) is 28.9 Å². The Kier molecular flexibility index (Phi) is 7.46. The Hall–Kier alpha value is -4.95. The Bertz CT molecular complexity index is 2070. The van der Waals surface area contributed by atoms with E-state index in [1.54, 1.807) is 0 Å². The van der Waals surface area contributed by atoms with Crippen LogP contribution in [0.5, 0.6) is 0 Å². The zero-order valence-corrected chi connectivity index (χ0v) is 27.6. The van der Waals surface area contributed by atoms with E-state index < -0.39 is 0 Å². The summed E-state index contributed by atoms with van der Waals surface area (Å²) in [5.74, 6) is 2.40. The summed E-state index contributed by atoms with van der Waals surface area (Å²) in [7, 11) is 0. The van der Waals surface area contributed by atoms with Crippen molar-refractivity contribution in [2.45, 2.75) is 50.7 Å². The van der Waals surface area contributed by atoms with Crippen molar-refractivity contribution in [2.75, 3.05) is 0 Å². The molecule has 4 aromatic carbocycles. The van der Waals surface area contributed by atoms with Crippen molar-refractivity contribution in [1.82, 2.24) is 4.90 Å². The molecule has 0 amide bonds. The third-order valence-electron chi connectivity index (χ3n) is 11.2. The van der Waals surface area contributed by atoms with Crippen LogP contribution in [0.15, 0.2) is 156 Å². The average molecular weight is 623 g/mol. The van der Waals surface area contributed by atoms with Crippen molar-refractivity contribution in [3.8, 4) is 22.3 Å². The van der Waals surface area contributed by atoms with Crippen molar-refractivity contribution in [2.24, 2.45) is 22.7 Å². The lowest BCUT2D eigenvalue weighted by atomic mass is 9.75. The minimum atomic E-state index is 0.313. The van der Waals surface area contributed by atoms with E-state index in [1.165, 1.54) is 55.6 Å². The molecule has 48 heavy (non-hydrogen) atoms. The van der Waals surface area contributed by atoms with Gasteiger partial charge in [0.05, 0.1) is 18.1 Å². The molecule has 4 aromatic rings. The highest BCUT2D eigenvalue weighted by molar-refractivity contribution is 6.10. The van der Waals surface area contributed by atoms with E-state index in [2.05, 4.69) is 164 Å². The van der Waals surface area contributed by atoms with Crippen LogP contribution < -0.4 is 0 Å². The van der Waals surface area contributed by atoms with Gasteiger partial charge in [0, 0.05) is 11.8 Å². The maximum atomic E-state index is 5.44. The second-order valence-corrected chi connectivity index (χ2v) is 14.1. The lowest BCUT2D eigenvalue weighted by Crippen LogP contribution is -2.49. The number of hydrogen-bond donors (Lipinski definition) is 0. The Labute approximate surface area is 284 Å². The van der Waals surface area contributed by atoms with E-state index in [1.807, 2.05) is 0 Å². The molecule has 2 heteroatoms. The molecule has 5 aliphatic rings. The van der Waals surface area contributed by atoms with Gasteiger partial charge in [0.2, 0.25) is 0 Å². The third-order valence-corrected chi connectivity index (χ3v) is 11.2. The highest BCUT2D eigenvalue weighted by Crippen LogP contribution is 2.46. The second-order valence-electron chi connectivity index (χ2n) is 14.1. The van der Waals surface area contributed by atoms with Gasteiger partial charge < -0.3 is 4.90 Å². The molecule has 236 valence electrons. The molecular weight excluding hydrogens is 581 g/mol. The van der Waals surface area contributed by atoms with Crippen LogP contribution in [0.2, 0.25) is 0 Å². The molecule has 0 saturated carbocycles. The summed E-state index contributed by atoms with van der Waals surface area (Å²) in [5.41, 5.74) is 9.55. The molecule has 0 aromatic heterocycles. The predicted molar refractivity (Wildman–Crippen MR) is 203 cm³/mol. The third kappa shape index (κ3) is 4.97. The van der Waals surface area contributed by atoms with E-state index in [4.69, 9.17) is 4.99 Å². The average Bonchev–Trinajstić information content (AvgIpc) is 3.54. The van der Waals surface area contributed by atoms with Gasteiger partial charge in [0.15, 0.2) is 0 Å². The fourth-order valence-electron chi connectivity index (χ4n) is 8.89. The van der Waals surface area contributed by atoms with Crippen LogP contribution in [0, 0.1) is 17.8 Å². The van der Waals surface area contributed by atoms with E-state index in [9.17, 15) is 0 Å². The molecule has 0 fully saturated rings. The molecule has 1 aliphatic heterocycles. The van der Waals surface area contributed by atoms with E-state index >= 15 is 0 Å². The zero-order valence-electron chi connectivity index (χ0n) is 27.6. The smallest absolute Gasteiger partial charge is 0.108 e. The Balaban J connectivity index is 1.07. The number of amidine groups is 1. The first-order valence-corrected chi connectivity index (χ1v) is 17.9. The standard InChI is InChI=1S/C46H42N2/c1-31-14-8-12-22-42(31)48-43-23-13-11-21-41(43)47-46(48)35-26-24-32(25-27-35)36-28-29-39-40(30-36)45(34-17-6-3-7-18-34)38-20-10-9-19-37(38)44(39)33-15-4-2-5-16-33/h2-10,12-20,22-26,28-29,31,35-36,41-43H,11,21,27,30H2,1H3. The van der Waals surface area contributed by atoms with Gasteiger partial charge in [-0.25, -0.2) is 0 Å². The first kappa shape index (κ1) is 29.2. The topological polar surface area (TPSA) is 15.6 Å². The molecule has 0 N–H and O–H groups in total. The maximum Gasteiger partial charge on any atom is 0.108 e. The van der Waals surface area contributed by atoms with Gasteiger partial charge in [-0.2, -0.15) is 0 Å². The van der Waals surface area contributed by atoms with Crippen LogP contribution in [0.1, 0.15) is 37.3 Å². The minimum absolute atomic E-state index is 0.313. The largest absolute Gasteiger partial charge is 0.344 e. The summed E-state index contributed by atoms with van der Waals surface area (Å²) < 4.78 is 0. The summed E-state index contributed by atoms with van der Waals surface area (Å²) in [6.45, 7) is 2.35. The molecule has 1 heterocycles. The Morgan fingerprint density at radius 1 is 0.667 bits per heavy atom. The van der Waals surface area contributed by atoms with E-state index in [0.29, 0.717) is 35.9 Å². The molecule has 0 spiro atoms. The predicted octanol–water partition coefficient (Wildman–Crippen LogP) is 10.8. The fourth-order valence-corrected chi connectivity index (χ4v) is 8.89. The number of allylic oxidation sites excluding steroid dienone is 7. The molecule has 9 rings (SSSR count). The minimum Gasteiger partial charge on any atom is -0.344 e. The molecule has 0 radical (unpaired) electrons. The number of aliphatic imine (C=N–C) groups is 1. The Morgan fingerprint density at radius 3 is 2.08 bits per heavy atom. The van der Waals surface area contributed by atoms with Crippen molar-refractivity contribution in [3.63, 3.8) is 0 Å². The summed E-state index contributed by atoms with van der Waals surface area (Å²) in [6, 6.07) is 32.1.